The van der Waals surface area contributed by atoms with Crippen LogP contribution in [-0.4, -0.2) is 10.2 Å². The van der Waals surface area contributed by atoms with Crippen LogP contribution in [0.15, 0.2) is 24.3 Å². The Labute approximate surface area is 84.1 Å². The van der Waals surface area contributed by atoms with Gasteiger partial charge < -0.3 is 0 Å². The summed E-state index contributed by atoms with van der Waals surface area (Å²) in [4.78, 5) is 0. The molecule has 0 spiro atoms. The Balaban J connectivity index is 2.79. The van der Waals surface area contributed by atoms with Crippen LogP contribution in [0.4, 0.5) is 0 Å². The Morgan fingerprint density at radius 2 is 2.00 bits per heavy atom. The van der Waals surface area contributed by atoms with Gasteiger partial charge >= 0.3 is 0 Å². The topological polar surface area (TPSA) is 25.8 Å². The molecule has 0 amide bonds. The number of halogens is 1. The third-order valence-electron chi connectivity index (χ3n) is 1.67. The van der Waals surface area contributed by atoms with E-state index in [1.165, 1.54) is 3.57 Å². The van der Waals surface area contributed by atoms with Gasteiger partial charge in [-0.3, -0.25) is 0 Å². The average molecular weight is 270 g/mol. The van der Waals surface area contributed by atoms with Gasteiger partial charge in [-0.1, -0.05) is 6.07 Å². The van der Waals surface area contributed by atoms with Gasteiger partial charge in [0.25, 0.3) is 0 Å². The molecule has 0 bridgehead atoms. The molecule has 2 aromatic rings. The van der Waals surface area contributed by atoms with E-state index in [1.807, 2.05) is 19.1 Å². The number of hydrogen-bond acceptors (Lipinski definition) is 2. The SMILES string of the molecule is Cc1cc2ccc(I)cc2nn1. The van der Waals surface area contributed by atoms with E-state index in [-0.39, 0.29) is 0 Å². The van der Waals surface area contributed by atoms with Crippen molar-refractivity contribution >= 4 is 33.5 Å². The number of nitrogens with zero attached hydrogens (tertiary/aromatic N) is 2. The summed E-state index contributed by atoms with van der Waals surface area (Å²) in [6, 6.07) is 8.21. The minimum Gasteiger partial charge on any atom is -0.155 e. The Kier molecular flexibility index (Phi) is 1.96. The molecule has 1 heterocycles. The molecule has 60 valence electrons. The van der Waals surface area contributed by atoms with Gasteiger partial charge in [0, 0.05) is 8.96 Å². The van der Waals surface area contributed by atoms with Crippen LogP contribution in [0.3, 0.4) is 0 Å². The predicted molar refractivity (Wildman–Crippen MR) is 57.0 cm³/mol. The molecule has 12 heavy (non-hydrogen) atoms. The molecule has 1 aromatic carbocycles. The van der Waals surface area contributed by atoms with E-state index in [1.54, 1.807) is 0 Å². The van der Waals surface area contributed by atoms with Crippen LogP contribution >= 0.6 is 22.6 Å². The molecule has 1 aromatic heterocycles. The van der Waals surface area contributed by atoms with Crippen molar-refractivity contribution < 1.29 is 0 Å². The quantitative estimate of drug-likeness (QED) is 0.687. The first-order chi connectivity index (χ1) is 5.75. The number of benzene rings is 1. The van der Waals surface area contributed by atoms with E-state index < -0.39 is 0 Å². The fourth-order valence-electron chi connectivity index (χ4n) is 1.11. The molecule has 0 saturated heterocycles. The monoisotopic (exact) mass is 270 g/mol. The molecule has 0 saturated carbocycles. The first-order valence-corrected chi connectivity index (χ1v) is 4.73. The van der Waals surface area contributed by atoms with Crippen LogP contribution in [0.1, 0.15) is 5.69 Å². The summed E-state index contributed by atoms with van der Waals surface area (Å²) in [6.45, 7) is 1.95. The summed E-state index contributed by atoms with van der Waals surface area (Å²) in [5.74, 6) is 0. The first kappa shape index (κ1) is 7.91. The maximum atomic E-state index is 4.09. The van der Waals surface area contributed by atoms with E-state index in [4.69, 9.17) is 0 Å². The molecule has 0 radical (unpaired) electrons. The van der Waals surface area contributed by atoms with Crippen molar-refractivity contribution in [2.24, 2.45) is 0 Å². The highest BCUT2D eigenvalue weighted by molar-refractivity contribution is 14.1. The molecule has 0 fully saturated rings. The van der Waals surface area contributed by atoms with Crippen LogP contribution in [0, 0.1) is 10.5 Å². The number of fused-ring (bicyclic) bond motifs is 1. The summed E-state index contributed by atoms with van der Waals surface area (Å²) >= 11 is 2.27. The van der Waals surface area contributed by atoms with Crippen molar-refractivity contribution in [2.75, 3.05) is 0 Å². The molecule has 0 aliphatic carbocycles. The molecule has 0 atom stereocenters. The second-order valence-electron chi connectivity index (χ2n) is 2.69. The van der Waals surface area contributed by atoms with Gasteiger partial charge in [0.2, 0.25) is 0 Å². The van der Waals surface area contributed by atoms with Crippen molar-refractivity contribution in [3.63, 3.8) is 0 Å². The molecule has 2 nitrogen and oxygen atoms in total. The normalized spacial score (nSPS) is 10.5. The second-order valence-corrected chi connectivity index (χ2v) is 3.93. The maximum Gasteiger partial charge on any atom is 0.0940 e. The zero-order valence-electron chi connectivity index (χ0n) is 6.58. The molecular weight excluding hydrogens is 263 g/mol. The minimum atomic E-state index is 0.962. The highest BCUT2D eigenvalue weighted by Gasteiger charge is 1.96. The lowest BCUT2D eigenvalue weighted by molar-refractivity contribution is 1.02. The van der Waals surface area contributed by atoms with Gasteiger partial charge in [-0.05, 0) is 47.7 Å². The highest BCUT2D eigenvalue weighted by Crippen LogP contribution is 2.14. The van der Waals surface area contributed by atoms with Crippen LogP contribution in [0.2, 0.25) is 0 Å². The average Bonchev–Trinajstić information content (AvgIpc) is 2.05. The standard InChI is InChI=1S/C9H7IN2/c1-6-4-7-2-3-8(10)5-9(7)12-11-6/h2-5H,1H3. The van der Waals surface area contributed by atoms with E-state index in [0.717, 1.165) is 16.6 Å². The summed E-state index contributed by atoms with van der Waals surface area (Å²) < 4.78 is 1.19. The minimum absolute atomic E-state index is 0.962. The van der Waals surface area contributed by atoms with E-state index in [0.29, 0.717) is 0 Å². The molecular formula is C9H7IN2. The van der Waals surface area contributed by atoms with Gasteiger partial charge in [-0.25, -0.2) is 0 Å². The zero-order valence-corrected chi connectivity index (χ0v) is 8.74. The fourth-order valence-corrected chi connectivity index (χ4v) is 1.59. The summed E-state index contributed by atoms with van der Waals surface area (Å²) in [5, 5.41) is 9.24. The van der Waals surface area contributed by atoms with Crippen LogP contribution in [-0.2, 0) is 0 Å². The third kappa shape index (κ3) is 1.41. The van der Waals surface area contributed by atoms with Gasteiger partial charge in [-0.15, -0.1) is 0 Å². The number of hydrogen-bond donors (Lipinski definition) is 0. The Morgan fingerprint density at radius 1 is 1.17 bits per heavy atom. The number of rotatable bonds is 0. The largest absolute Gasteiger partial charge is 0.155 e. The lowest BCUT2D eigenvalue weighted by Gasteiger charge is -1.97. The smallest absolute Gasteiger partial charge is 0.0940 e. The van der Waals surface area contributed by atoms with Crippen molar-refractivity contribution in [1.29, 1.82) is 0 Å². The first-order valence-electron chi connectivity index (χ1n) is 3.65. The lowest BCUT2D eigenvalue weighted by atomic mass is 10.2. The van der Waals surface area contributed by atoms with Gasteiger partial charge in [0.1, 0.15) is 0 Å². The third-order valence-corrected chi connectivity index (χ3v) is 2.34. The Bertz CT molecular complexity index is 385. The van der Waals surface area contributed by atoms with Crippen molar-refractivity contribution in [2.45, 2.75) is 6.92 Å². The van der Waals surface area contributed by atoms with E-state index >= 15 is 0 Å². The van der Waals surface area contributed by atoms with Crippen molar-refractivity contribution in [3.05, 3.63) is 33.5 Å². The van der Waals surface area contributed by atoms with E-state index in [2.05, 4.69) is 44.9 Å². The number of aromatic nitrogens is 2. The second kappa shape index (κ2) is 2.97. The maximum absolute atomic E-state index is 4.09. The van der Waals surface area contributed by atoms with Gasteiger partial charge in [-0.2, -0.15) is 10.2 Å². The Morgan fingerprint density at radius 3 is 2.83 bits per heavy atom. The van der Waals surface area contributed by atoms with E-state index in [9.17, 15) is 0 Å². The van der Waals surface area contributed by atoms with Crippen LogP contribution in [0.5, 0.6) is 0 Å². The zero-order chi connectivity index (χ0) is 8.55. The highest BCUT2D eigenvalue weighted by atomic mass is 127. The van der Waals surface area contributed by atoms with Gasteiger partial charge in [0.05, 0.1) is 11.2 Å². The number of aryl methyl sites for hydroxylation is 1. The fraction of sp³-hybridized carbons (Fsp3) is 0.111. The van der Waals surface area contributed by atoms with Crippen molar-refractivity contribution in [1.82, 2.24) is 10.2 Å². The van der Waals surface area contributed by atoms with Crippen LogP contribution < -0.4 is 0 Å². The molecule has 0 N–H and O–H groups in total. The molecule has 0 aliphatic rings. The van der Waals surface area contributed by atoms with Crippen LogP contribution in [0.25, 0.3) is 10.9 Å². The predicted octanol–water partition coefficient (Wildman–Crippen LogP) is 2.54. The van der Waals surface area contributed by atoms with Gasteiger partial charge in [0.15, 0.2) is 0 Å². The van der Waals surface area contributed by atoms with Crippen molar-refractivity contribution in [3.8, 4) is 0 Å². The summed E-state index contributed by atoms with van der Waals surface area (Å²) in [5.41, 5.74) is 1.93. The molecule has 0 aliphatic heterocycles. The molecule has 3 heteroatoms. The summed E-state index contributed by atoms with van der Waals surface area (Å²) in [7, 11) is 0. The molecule has 2 rings (SSSR count). The summed E-state index contributed by atoms with van der Waals surface area (Å²) in [6.07, 6.45) is 0. The lowest BCUT2D eigenvalue weighted by Crippen LogP contribution is -1.87. The molecule has 0 unspecified atom stereocenters. The Hall–Kier alpha value is -0.710.